The third kappa shape index (κ3) is 2.87. The predicted octanol–water partition coefficient (Wildman–Crippen LogP) is 1.30. The molecule has 16 heavy (non-hydrogen) atoms. The van der Waals surface area contributed by atoms with E-state index in [1.165, 1.54) is 14.2 Å². The van der Waals surface area contributed by atoms with Crippen LogP contribution in [0.2, 0.25) is 0 Å². The Morgan fingerprint density at radius 2 is 2.12 bits per heavy atom. The van der Waals surface area contributed by atoms with Crippen LogP contribution in [0.15, 0.2) is 18.2 Å². The molecule has 0 fully saturated rings. The minimum atomic E-state index is -0.268. The second kappa shape index (κ2) is 5.37. The van der Waals surface area contributed by atoms with Crippen molar-refractivity contribution in [1.82, 2.24) is 5.06 Å². The molecule has 1 amide bonds. The van der Waals surface area contributed by atoms with Gasteiger partial charge in [0, 0.05) is 24.4 Å². The van der Waals surface area contributed by atoms with Crippen LogP contribution in [0, 0.1) is 0 Å². The predicted molar refractivity (Wildman–Crippen MR) is 61.1 cm³/mol. The van der Waals surface area contributed by atoms with Crippen molar-refractivity contribution in [3.63, 3.8) is 0 Å². The van der Waals surface area contributed by atoms with E-state index in [1.807, 2.05) is 6.92 Å². The van der Waals surface area contributed by atoms with Crippen molar-refractivity contribution in [3.8, 4) is 5.75 Å². The van der Waals surface area contributed by atoms with Crippen LogP contribution >= 0.6 is 0 Å². The van der Waals surface area contributed by atoms with Crippen LogP contribution in [-0.4, -0.2) is 31.7 Å². The van der Waals surface area contributed by atoms with Crippen LogP contribution in [0.3, 0.4) is 0 Å². The Labute approximate surface area is 94.7 Å². The Hall–Kier alpha value is -1.75. The van der Waals surface area contributed by atoms with Gasteiger partial charge in [-0.05, 0) is 19.1 Å². The molecule has 0 aliphatic rings. The number of nitrogens with two attached hydrogens (primary N) is 1. The number of carbonyl (C=O) groups is 1. The molecule has 1 rings (SSSR count). The lowest BCUT2D eigenvalue weighted by Gasteiger charge is -2.14. The number of hydrogen-bond acceptors (Lipinski definition) is 4. The molecular weight excluding hydrogens is 208 g/mol. The summed E-state index contributed by atoms with van der Waals surface area (Å²) in [6.45, 7) is 2.39. The lowest BCUT2D eigenvalue weighted by Crippen LogP contribution is -2.25. The molecule has 0 aliphatic carbocycles. The largest absolute Gasteiger partial charge is 0.494 e. The molecule has 88 valence electrons. The van der Waals surface area contributed by atoms with Crippen LogP contribution in [0.5, 0.6) is 5.75 Å². The van der Waals surface area contributed by atoms with E-state index >= 15 is 0 Å². The number of hydrogen-bond donors (Lipinski definition) is 1. The van der Waals surface area contributed by atoms with Gasteiger partial charge >= 0.3 is 0 Å². The van der Waals surface area contributed by atoms with Crippen molar-refractivity contribution in [3.05, 3.63) is 23.8 Å². The molecule has 1 aromatic carbocycles. The van der Waals surface area contributed by atoms with Gasteiger partial charge < -0.3 is 10.5 Å². The molecule has 0 heterocycles. The smallest absolute Gasteiger partial charge is 0.277 e. The summed E-state index contributed by atoms with van der Waals surface area (Å²) in [6.07, 6.45) is 0. The summed E-state index contributed by atoms with van der Waals surface area (Å²) in [6, 6.07) is 4.89. The molecule has 1 aromatic rings. The summed E-state index contributed by atoms with van der Waals surface area (Å²) >= 11 is 0. The molecule has 0 atom stereocenters. The zero-order valence-corrected chi connectivity index (χ0v) is 9.69. The third-order valence-corrected chi connectivity index (χ3v) is 2.05. The van der Waals surface area contributed by atoms with Crippen LogP contribution in [0.4, 0.5) is 5.69 Å². The highest BCUT2D eigenvalue weighted by Gasteiger charge is 2.13. The average Bonchev–Trinajstić information content (AvgIpc) is 2.26. The van der Waals surface area contributed by atoms with Gasteiger partial charge in [-0.25, -0.2) is 5.06 Å². The van der Waals surface area contributed by atoms with Crippen LogP contribution in [-0.2, 0) is 4.84 Å². The molecule has 0 bridgehead atoms. The Morgan fingerprint density at radius 1 is 1.44 bits per heavy atom. The number of nitrogens with zero attached hydrogens (tertiary/aromatic N) is 1. The van der Waals surface area contributed by atoms with Crippen molar-refractivity contribution in [2.24, 2.45) is 0 Å². The molecule has 0 radical (unpaired) electrons. The van der Waals surface area contributed by atoms with Gasteiger partial charge in [0.2, 0.25) is 0 Å². The quantitative estimate of drug-likeness (QED) is 0.618. The highest BCUT2D eigenvalue weighted by molar-refractivity contribution is 5.94. The second-order valence-electron chi connectivity index (χ2n) is 3.21. The number of nitrogen functional groups attached to an aromatic ring is 1. The Balaban J connectivity index is 2.99. The zero-order valence-electron chi connectivity index (χ0n) is 9.69. The van der Waals surface area contributed by atoms with Crippen LogP contribution in [0.1, 0.15) is 17.3 Å². The van der Waals surface area contributed by atoms with E-state index in [9.17, 15) is 4.79 Å². The van der Waals surface area contributed by atoms with Gasteiger partial charge in [0.05, 0.1) is 13.7 Å². The summed E-state index contributed by atoms with van der Waals surface area (Å²) in [4.78, 5) is 16.6. The number of amides is 1. The fraction of sp³-hybridized carbons (Fsp3) is 0.364. The Morgan fingerprint density at radius 3 is 2.69 bits per heavy atom. The number of hydroxylamine groups is 2. The van der Waals surface area contributed by atoms with E-state index in [2.05, 4.69) is 0 Å². The third-order valence-electron chi connectivity index (χ3n) is 2.05. The van der Waals surface area contributed by atoms with E-state index in [4.69, 9.17) is 15.3 Å². The number of carbonyl (C=O) groups excluding carboxylic acids is 1. The molecule has 0 unspecified atom stereocenters. The summed E-state index contributed by atoms with van der Waals surface area (Å²) in [5, 5.41) is 1.13. The summed E-state index contributed by atoms with van der Waals surface area (Å²) in [5.41, 5.74) is 6.60. The first kappa shape index (κ1) is 12.3. The van der Waals surface area contributed by atoms with Crippen molar-refractivity contribution in [2.45, 2.75) is 6.92 Å². The standard InChI is InChI=1S/C11H16N2O3/c1-4-16-10-6-8(5-9(12)7-10)11(14)13(2)15-3/h5-7H,4,12H2,1-3H3. The number of rotatable bonds is 4. The number of benzene rings is 1. The average molecular weight is 224 g/mol. The lowest BCUT2D eigenvalue weighted by atomic mass is 10.2. The fourth-order valence-corrected chi connectivity index (χ4v) is 1.26. The summed E-state index contributed by atoms with van der Waals surface area (Å²) < 4.78 is 5.30. The van der Waals surface area contributed by atoms with Crippen LogP contribution < -0.4 is 10.5 Å². The normalized spacial score (nSPS) is 9.94. The van der Waals surface area contributed by atoms with Gasteiger partial charge in [0.25, 0.3) is 5.91 Å². The number of ether oxygens (including phenoxy) is 1. The number of anilines is 1. The molecule has 0 spiro atoms. The van der Waals surface area contributed by atoms with Crippen molar-refractivity contribution in [2.75, 3.05) is 26.5 Å². The van der Waals surface area contributed by atoms with Crippen LogP contribution in [0.25, 0.3) is 0 Å². The van der Waals surface area contributed by atoms with Crippen molar-refractivity contribution < 1.29 is 14.4 Å². The molecule has 0 aromatic heterocycles. The summed E-state index contributed by atoms with van der Waals surface area (Å²) in [7, 11) is 2.96. The maximum absolute atomic E-state index is 11.8. The minimum Gasteiger partial charge on any atom is -0.494 e. The molecule has 2 N–H and O–H groups in total. The van der Waals surface area contributed by atoms with Gasteiger partial charge in [-0.15, -0.1) is 0 Å². The van der Waals surface area contributed by atoms with Gasteiger partial charge in [-0.1, -0.05) is 0 Å². The second-order valence-corrected chi connectivity index (χ2v) is 3.21. The SMILES string of the molecule is CCOc1cc(N)cc(C(=O)N(C)OC)c1. The van der Waals surface area contributed by atoms with Crippen molar-refractivity contribution >= 4 is 11.6 Å². The monoisotopic (exact) mass is 224 g/mol. The van der Waals surface area contributed by atoms with E-state index in [0.29, 0.717) is 23.6 Å². The van der Waals surface area contributed by atoms with Gasteiger partial charge in [-0.2, -0.15) is 0 Å². The topological polar surface area (TPSA) is 64.8 Å². The van der Waals surface area contributed by atoms with Gasteiger partial charge in [0.15, 0.2) is 0 Å². The van der Waals surface area contributed by atoms with E-state index in [-0.39, 0.29) is 5.91 Å². The summed E-state index contributed by atoms with van der Waals surface area (Å²) in [5.74, 6) is 0.311. The molecule has 0 saturated carbocycles. The maximum Gasteiger partial charge on any atom is 0.277 e. The molecular formula is C11H16N2O3. The van der Waals surface area contributed by atoms with Gasteiger partial charge in [-0.3, -0.25) is 9.63 Å². The molecule has 5 heteroatoms. The lowest BCUT2D eigenvalue weighted by molar-refractivity contribution is -0.0757. The zero-order chi connectivity index (χ0) is 12.1. The van der Waals surface area contributed by atoms with Gasteiger partial charge in [0.1, 0.15) is 5.75 Å². The first-order chi connectivity index (χ1) is 7.58. The first-order valence-corrected chi connectivity index (χ1v) is 4.94. The minimum absolute atomic E-state index is 0.268. The Kier molecular flexibility index (Phi) is 4.13. The first-order valence-electron chi connectivity index (χ1n) is 4.94. The maximum atomic E-state index is 11.8. The fourth-order valence-electron chi connectivity index (χ4n) is 1.26. The highest BCUT2D eigenvalue weighted by Crippen LogP contribution is 2.19. The van der Waals surface area contributed by atoms with E-state index < -0.39 is 0 Å². The van der Waals surface area contributed by atoms with E-state index in [0.717, 1.165) is 5.06 Å². The molecule has 0 aliphatic heterocycles. The van der Waals surface area contributed by atoms with Crippen molar-refractivity contribution in [1.29, 1.82) is 0 Å². The molecule has 5 nitrogen and oxygen atoms in total. The Bertz CT molecular complexity index is 379. The molecule has 0 saturated heterocycles. The van der Waals surface area contributed by atoms with E-state index in [1.54, 1.807) is 18.2 Å². The highest BCUT2D eigenvalue weighted by atomic mass is 16.7.